The molecule has 1 aliphatic heterocycles. The monoisotopic (exact) mass is 332 g/mol. The minimum absolute atomic E-state index is 0.0253. The van der Waals surface area contributed by atoms with Gasteiger partial charge in [0.05, 0.1) is 18.8 Å². The molecule has 0 bridgehead atoms. The van der Waals surface area contributed by atoms with Gasteiger partial charge in [-0.15, -0.1) is 10.2 Å². The van der Waals surface area contributed by atoms with Crippen LogP contribution in [0.4, 0.5) is 17.6 Å². The molecule has 5 nitrogen and oxygen atoms in total. The first-order valence-corrected chi connectivity index (χ1v) is 6.70. The van der Waals surface area contributed by atoms with Crippen LogP contribution in [0.5, 0.6) is 0 Å². The highest BCUT2D eigenvalue weighted by Crippen LogP contribution is 2.36. The molecule has 124 valence electrons. The Morgan fingerprint density at radius 1 is 1.26 bits per heavy atom. The average Bonchev–Trinajstić information content (AvgIpc) is 3.16. The van der Waals surface area contributed by atoms with E-state index in [1.165, 1.54) is 7.11 Å². The summed E-state index contributed by atoms with van der Waals surface area (Å²) in [6, 6.07) is 2.50. The average molecular weight is 332 g/mol. The lowest BCUT2D eigenvalue weighted by molar-refractivity contribution is -0.139. The molecule has 1 aliphatic rings. The van der Waals surface area contributed by atoms with Crippen LogP contribution in [0.2, 0.25) is 0 Å². The summed E-state index contributed by atoms with van der Waals surface area (Å²) in [5.41, 5.74) is -2.32. The number of nitrogens with zero attached hydrogens (tertiary/aromatic N) is 2. The van der Waals surface area contributed by atoms with Gasteiger partial charge in [-0.05, 0) is 18.2 Å². The Bertz CT molecular complexity index is 708. The third-order valence-corrected chi connectivity index (χ3v) is 3.71. The second kappa shape index (κ2) is 5.57. The third-order valence-electron chi connectivity index (χ3n) is 3.71. The lowest BCUT2D eigenvalue weighted by atomic mass is 10.0. The number of rotatable bonds is 3. The summed E-state index contributed by atoms with van der Waals surface area (Å²) >= 11 is 0. The number of methoxy groups -OCH3 is 1. The van der Waals surface area contributed by atoms with E-state index in [9.17, 15) is 17.6 Å². The number of halogens is 4. The second-order valence-corrected chi connectivity index (χ2v) is 5.11. The molecule has 23 heavy (non-hydrogen) atoms. The molecule has 0 spiro atoms. The van der Waals surface area contributed by atoms with Crippen LogP contribution >= 0.6 is 0 Å². The Morgan fingerprint density at radius 3 is 2.65 bits per heavy atom. The van der Waals surface area contributed by atoms with Crippen LogP contribution < -0.4 is 0 Å². The lowest BCUT2D eigenvalue weighted by Crippen LogP contribution is -2.29. The number of benzene rings is 1. The van der Waals surface area contributed by atoms with Gasteiger partial charge in [-0.3, -0.25) is 0 Å². The van der Waals surface area contributed by atoms with Crippen molar-refractivity contribution < 1.29 is 31.5 Å². The molecule has 1 unspecified atom stereocenters. The Morgan fingerprint density at radius 2 is 2.04 bits per heavy atom. The largest absolute Gasteiger partial charge is 0.419 e. The lowest BCUT2D eigenvalue weighted by Gasteiger charge is -2.20. The van der Waals surface area contributed by atoms with Crippen LogP contribution in [0.15, 0.2) is 22.6 Å². The third kappa shape index (κ3) is 2.81. The topological polar surface area (TPSA) is 57.4 Å². The molecule has 1 atom stereocenters. The van der Waals surface area contributed by atoms with Crippen LogP contribution in [0.25, 0.3) is 11.5 Å². The van der Waals surface area contributed by atoms with Crippen molar-refractivity contribution in [3.8, 4) is 11.5 Å². The van der Waals surface area contributed by atoms with E-state index >= 15 is 0 Å². The summed E-state index contributed by atoms with van der Waals surface area (Å²) in [4.78, 5) is 0. The van der Waals surface area contributed by atoms with Crippen LogP contribution in [-0.2, 0) is 21.3 Å². The zero-order valence-corrected chi connectivity index (χ0v) is 12.0. The van der Waals surface area contributed by atoms with Crippen molar-refractivity contribution in [2.45, 2.75) is 18.2 Å². The molecule has 1 saturated heterocycles. The highest BCUT2D eigenvalue weighted by molar-refractivity contribution is 5.54. The van der Waals surface area contributed by atoms with E-state index in [2.05, 4.69) is 10.2 Å². The van der Waals surface area contributed by atoms with Gasteiger partial charge in [0.15, 0.2) is 5.60 Å². The highest BCUT2D eigenvalue weighted by atomic mass is 19.4. The summed E-state index contributed by atoms with van der Waals surface area (Å²) < 4.78 is 67.7. The molecule has 2 heterocycles. The van der Waals surface area contributed by atoms with Crippen molar-refractivity contribution in [3.05, 3.63) is 35.5 Å². The molecule has 1 aromatic carbocycles. The van der Waals surface area contributed by atoms with E-state index < -0.39 is 23.2 Å². The Kier molecular flexibility index (Phi) is 3.85. The molecule has 0 N–H and O–H groups in total. The maximum atomic E-state index is 13.3. The van der Waals surface area contributed by atoms with Gasteiger partial charge in [-0.25, -0.2) is 4.39 Å². The minimum Gasteiger partial charge on any atom is -0.417 e. The molecule has 9 heteroatoms. The van der Waals surface area contributed by atoms with Crippen molar-refractivity contribution in [3.63, 3.8) is 0 Å². The van der Waals surface area contributed by atoms with Gasteiger partial charge in [0.25, 0.3) is 5.89 Å². The smallest absolute Gasteiger partial charge is 0.417 e. The van der Waals surface area contributed by atoms with Gasteiger partial charge in [0.1, 0.15) is 5.82 Å². The van der Waals surface area contributed by atoms with Crippen LogP contribution in [0.3, 0.4) is 0 Å². The van der Waals surface area contributed by atoms with Crippen molar-refractivity contribution in [1.29, 1.82) is 0 Å². The number of ether oxygens (including phenoxy) is 2. The maximum absolute atomic E-state index is 13.3. The van der Waals surface area contributed by atoms with Crippen molar-refractivity contribution >= 4 is 0 Å². The Balaban J connectivity index is 1.98. The molecule has 2 aromatic rings. The van der Waals surface area contributed by atoms with E-state index in [1.54, 1.807) is 0 Å². The van der Waals surface area contributed by atoms with Gasteiger partial charge in [0, 0.05) is 19.1 Å². The normalized spacial score (nSPS) is 21.8. The molecule has 3 rings (SSSR count). The van der Waals surface area contributed by atoms with Gasteiger partial charge < -0.3 is 13.9 Å². The van der Waals surface area contributed by atoms with E-state index in [1.807, 2.05) is 0 Å². The van der Waals surface area contributed by atoms with Crippen molar-refractivity contribution in [2.75, 3.05) is 20.3 Å². The maximum Gasteiger partial charge on any atom is 0.419 e. The summed E-state index contributed by atoms with van der Waals surface area (Å²) in [5.74, 6) is -1.39. The first kappa shape index (κ1) is 15.9. The molecule has 0 saturated carbocycles. The van der Waals surface area contributed by atoms with E-state index in [0.717, 1.165) is 6.07 Å². The summed E-state index contributed by atoms with van der Waals surface area (Å²) in [7, 11) is 1.46. The predicted molar refractivity (Wildman–Crippen MR) is 68.8 cm³/mol. The Hall–Kier alpha value is -2.00. The minimum atomic E-state index is -4.81. The standard InChI is InChI=1S/C14H12F4N2O3/c1-21-13(4-5-22-7-13)12-20-19-11(23-12)8-2-3-10(15)9(6-8)14(16,17)18/h2-3,6H,4-5,7H2,1H3. The molecule has 1 fully saturated rings. The SMILES string of the molecule is COC1(c2nnc(-c3ccc(F)c(C(F)(F)F)c3)o2)CCOC1. The first-order valence-electron chi connectivity index (χ1n) is 6.70. The van der Waals surface area contributed by atoms with Gasteiger partial charge in [-0.1, -0.05) is 0 Å². The van der Waals surface area contributed by atoms with Crippen molar-refractivity contribution in [1.82, 2.24) is 10.2 Å². The van der Waals surface area contributed by atoms with E-state index in [0.29, 0.717) is 25.2 Å². The van der Waals surface area contributed by atoms with Gasteiger partial charge in [0.2, 0.25) is 5.89 Å². The molecular formula is C14H12F4N2O3. The summed E-state index contributed by atoms with van der Waals surface area (Å²) in [6.07, 6.45) is -4.32. The zero-order chi connectivity index (χ0) is 16.7. The number of hydrogen-bond donors (Lipinski definition) is 0. The van der Waals surface area contributed by atoms with Crippen LogP contribution in [0.1, 0.15) is 17.9 Å². The molecule has 0 radical (unpaired) electrons. The second-order valence-electron chi connectivity index (χ2n) is 5.11. The fourth-order valence-corrected chi connectivity index (χ4v) is 2.36. The number of hydrogen-bond acceptors (Lipinski definition) is 5. The van der Waals surface area contributed by atoms with Crippen LogP contribution in [0, 0.1) is 5.82 Å². The molecule has 0 aliphatic carbocycles. The summed E-state index contributed by atoms with van der Waals surface area (Å²) in [5, 5.41) is 7.57. The number of alkyl halides is 3. The van der Waals surface area contributed by atoms with Crippen molar-refractivity contribution in [2.24, 2.45) is 0 Å². The fourth-order valence-electron chi connectivity index (χ4n) is 2.36. The Labute approximate surface area is 128 Å². The predicted octanol–water partition coefficient (Wildman–Crippen LogP) is 3.16. The molecule has 1 aromatic heterocycles. The summed E-state index contributed by atoms with van der Waals surface area (Å²) in [6.45, 7) is 0.655. The quantitative estimate of drug-likeness (QED) is 0.808. The van der Waals surface area contributed by atoms with Crippen LogP contribution in [-0.4, -0.2) is 30.5 Å². The first-order chi connectivity index (χ1) is 10.9. The van der Waals surface area contributed by atoms with E-state index in [-0.39, 0.29) is 24.0 Å². The zero-order valence-electron chi connectivity index (χ0n) is 12.0. The number of aromatic nitrogens is 2. The molecular weight excluding hydrogens is 320 g/mol. The van der Waals surface area contributed by atoms with E-state index in [4.69, 9.17) is 13.9 Å². The molecule has 0 amide bonds. The van der Waals surface area contributed by atoms with Gasteiger partial charge >= 0.3 is 6.18 Å². The fraction of sp³-hybridized carbons (Fsp3) is 0.429. The van der Waals surface area contributed by atoms with Gasteiger partial charge in [-0.2, -0.15) is 13.2 Å². The highest BCUT2D eigenvalue weighted by Gasteiger charge is 2.42.